The Labute approximate surface area is 116 Å². The van der Waals surface area contributed by atoms with Crippen molar-refractivity contribution >= 4 is 5.97 Å². The van der Waals surface area contributed by atoms with E-state index in [0.29, 0.717) is 12.2 Å². The molecule has 7 heteroatoms. The second-order valence-corrected chi connectivity index (χ2v) is 4.22. The molecule has 2 heterocycles. The maximum Gasteiger partial charge on any atom is 0.373 e. The van der Waals surface area contributed by atoms with Gasteiger partial charge in [0.15, 0.2) is 0 Å². The summed E-state index contributed by atoms with van der Waals surface area (Å²) in [4.78, 5) is 15.4. The average molecular weight is 279 g/mol. The molecule has 0 saturated carbocycles. The van der Waals surface area contributed by atoms with E-state index < -0.39 is 5.97 Å². The van der Waals surface area contributed by atoms with Crippen LogP contribution >= 0.6 is 0 Å². The fraction of sp³-hybridized carbons (Fsp3) is 0.462. The van der Waals surface area contributed by atoms with Crippen LogP contribution in [0.1, 0.15) is 35.8 Å². The summed E-state index contributed by atoms with van der Waals surface area (Å²) in [5.41, 5.74) is 1.86. The largest absolute Gasteiger partial charge is 0.475 e. The van der Waals surface area contributed by atoms with Crippen molar-refractivity contribution < 1.29 is 19.1 Å². The van der Waals surface area contributed by atoms with Gasteiger partial charge in [-0.05, 0) is 19.4 Å². The highest BCUT2D eigenvalue weighted by molar-refractivity contribution is 5.86. The van der Waals surface area contributed by atoms with Crippen LogP contribution in [0.2, 0.25) is 0 Å². The van der Waals surface area contributed by atoms with Crippen molar-refractivity contribution in [2.45, 2.75) is 33.4 Å². The van der Waals surface area contributed by atoms with Gasteiger partial charge >= 0.3 is 5.97 Å². The lowest BCUT2D eigenvalue weighted by atomic mass is 10.3. The van der Waals surface area contributed by atoms with Crippen LogP contribution in [0.3, 0.4) is 0 Å². The Morgan fingerprint density at radius 1 is 1.50 bits per heavy atom. The van der Waals surface area contributed by atoms with Crippen LogP contribution in [0.4, 0.5) is 0 Å². The molecule has 108 valence electrons. The van der Waals surface area contributed by atoms with Crippen LogP contribution in [0, 0.1) is 0 Å². The van der Waals surface area contributed by atoms with E-state index in [1.165, 1.54) is 7.11 Å². The summed E-state index contributed by atoms with van der Waals surface area (Å²) in [6.45, 7) is 4.69. The molecule has 0 spiro atoms. The van der Waals surface area contributed by atoms with Crippen molar-refractivity contribution in [2.75, 3.05) is 7.11 Å². The number of carboxylic acids is 1. The predicted molar refractivity (Wildman–Crippen MR) is 70.4 cm³/mol. The van der Waals surface area contributed by atoms with E-state index in [1.807, 2.05) is 19.9 Å². The van der Waals surface area contributed by atoms with Crippen LogP contribution < -0.4 is 0 Å². The molecule has 0 amide bonds. The highest BCUT2D eigenvalue weighted by atomic mass is 16.5. The molecular weight excluding hydrogens is 262 g/mol. The first-order valence-electron chi connectivity index (χ1n) is 6.39. The summed E-state index contributed by atoms with van der Waals surface area (Å²) in [5.74, 6) is -1.10. The summed E-state index contributed by atoms with van der Waals surface area (Å²) in [7, 11) is 1.48. The van der Waals surface area contributed by atoms with Crippen LogP contribution in [-0.4, -0.2) is 33.0 Å². The highest BCUT2D eigenvalue weighted by Crippen LogP contribution is 2.24. The lowest BCUT2D eigenvalue weighted by Gasteiger charge is -1.99. The molecule has 0 aliphatic carbocycles. The molecule has 0 aliphatic heterocycles. The number of aromatic carboxylic acids is 1. The van der Waals surface area contributed by atoms with Gasteiger partial charge in [-0.1, -0.05) is 6.92 Å². The van der Waals surface area contributed by atoms with Gasteiger partial charge in [-0.25, -0.2) is 9.78 Å². The minimum atomic E-state index is -1.16. The Bertz CT molecular complexity index is 615. The summed E-state index contributed by atoms with van der Waals surface area (Å²) < 4.78 is 12.0. The molecule has 0 bridgehead atoms. The normalized spacial score (nSPS) is 10.9. The van der Waals surface area contributed by atoms with Crippen molar-refractivity contribution in [1.82, 2.24) is 14.8 Å². The van der Waals surface area contributed by atoms with Gasteiger partial charge in [0.1, 0.15) is 11.4 Å². The van der Waals surface area contributed by atoms with Crippen LogP contribution in [0.15, 0.2) is 10.5 Å². The molecule has 0 aromatic carbocycles. The lowest BCUT2D eigenvalue weighted by molar-refractivity contribution is 0.0656. The van der Waals surface area contributed by atoms with Crippen LogP contribution in [0.25, 0.3) is 11.6 Å². The van der Waals surface area contributed by atoms with E-state index in [-0.39, 0.29) is 24.0 Å². The van der Waals surface area contributed by atoms with Gasteiger partial charge in [0.05, 0.1) is 12.3 Å². The standard InChI is InChI=1S/C13H17N3O4/c1-4-8-6-10(16(5-2)15-8)12-14-9(7-19-3)11(20-12)13(17)18/h6H,4-5,7H2,1-3H3,(H,17,18). The number of hydrogen-bond acceptors (Lipinski definition) is 5. The SMILES string of the molecule is CCc1cc(-c2nc(COC)c(C(=O)O)o2)n(CC)n1. The van der Waals surface area contributed by atoms with E-state index in [2.05, 4.69) is 10.1 Å². The Kier molecular flexibility index (Phi) is 4.19. The maximum atomic E-state index is 11.1. The van der Waals surface area contributed by atoms with E-state index in [9.17, 15) is 4.79 Å². The van der Waals surface area contributed by atoms with Crippen LogP contribution in [0.5, 0.6) is 0 Å². The van der Waals surface area contributed by atoms with E-state index in [0.717, 1.165) is 12.1 Å². The van der Waals surface area contributed by atoms with Gasteiger partial charge in [0.25, 0.3) is 0 Å². The van der Waals surface area contributed by atoms with Crippen molar-refractivity contribution in [1.29, 1.82) is 0 Å². The number of aromatic nitrogens is 3. The fourth-order valence-electron chi connectivity index (χ4n) is 1.92. The zero-order valence-corrected chi connectivity index (χ0v) is 11.7. The molecule has 0 saturated heterocycles. The Balaban J connectivity index is 2.49. The molecule has 0 aliphatic rings. The molecule has 0 radical (unpaired) electrons. The van der Waals surface area contributed by atoms with Gasteiger partial charge in [-0.2, -0.15) is 5.10 Å². The number of carboxylic acid groups (broad SMARTS) is 1. The topological polar surface area (TPSA) is 90.4 Å². The second-order valence-electron chi connectivity index (χ2n) is 4.22. The number of oxazole rings is 1. The molecule has 2 aromatic heterocycles. The summed E-state index contributed by atoms with van der Waals surface area (Å²) in [6.07, 6.45) is 0.789. The van der Waals surface area contributed by atoms with Crippen molar-refractivity contribution in [3.8, 4) is 11.6 Å². The summed E-state index contributed by atoms with van der Waals surface area (Å²) in [6, 6.07) is 1.86. The number of hydrogen-bond donors (Lipinski definition) is 1. The van der Waals surface area contributed by atoms with Gasteiger partial charge in [-0.15, -0.1) is 0 Å². The molecule has 1 N–H and O–H groups in total. The Morgan fingerprint density at radius 3 is 2.80 bits per heavy atom. The third-order valence-electron chi connectivity index (χ3n) is 2.88. The first-order chi connectivity index (χ1) is 9.60. The zero-order valence-electron chi connectivity index (χ0n) is 11.7. The second kappa shape index (κ2) is 5.87. The third-order valence-corrected chi connectivity index (χ3v) is 2.88. The van der Waals surface area contributed by atoms with Gasteiger partial charge in [-0.3, -0.25) is 4.68 Å². The Hall–Kier alpha value is -2.15. The van der Waals surface area contributed by atoms with Gasteiger partial charge in [0, 0.05) is 13.7 Å². The molecule has 2 aromatic rings. The van der Waals surface area contributed by atoms with Crippen molar-refractivity contribution in [3.05, 3.63) is 23.2 Å². The minimum absolute atomic E-state index is 0.0893. The Morgan fingerprint density at radius 2 is 2.25 bits per heavy atom. The number of methoxy groups -OCH3 is 1. The number of rotatable bonds is 6. The first kappa shape index (κ1) is 14.3. The smallest absolute Gasteiger partial charge is 0.373 e. The molecule has 0 fully saturated rings. The van der Waals surface area contributed by atoms with E-state index in [1.54, 1.807) is 4.68 Å². The maximum absolute atomic E-state index is 11.1. The van der Waals surface area contributed by atoms with Crippen molar-refractivity contribution in [3.63, 3.8) is 0 Å². The quantitative estimate of drug-likeness (QED) is 0.869. The van der Waals surface area contributed by atoms with E-state index in [4.69, 9.17) is 14.3 Å². The lowest BCUT2D eigenvalue weighted by Crippen LogP contribution is -2.00. The summed E-state index contributed by atoms with van der Waals surface area (Å²) >= 11 is 0. The monoisotopic (exact) mass is 279 g/mol. The number of ether oxygens (including phenoxy) is 1. The van der Waals surface area contributed by atoms with Gasteiger partial charge in [0.2, 0.25) is 11.7 Å². The summed E-state index contributed by atoms with van der Waals surface area (Å²) in [5, 5.41) is 13.5. The molecule has 7 nitrogen and oxygen atoms in total. The molecule has 20 heavy (non-hydrogen) atoms. The molecule has 0 atom stereocenters. The number of carbonyl (C=O) groups is 1. The number of aryl methyl sites for hydroxylation is 2. The first-order valence-corrected chi connectivity index (χ1v) is 6.39. The zero-order chi connectivity index (χ0) is 14.7. The molecule has 0 unspecified atom stereocenters. The van der Waals surface area contributed by atoms with Crippen molar-refractivity contribution in [2.24, 2.45) is 0 Å². The third kappa shape index (κ3) is 2.57. The fourth-order valence-corrected chi connectivity index (χ4v) is 1.92. The minimum Gasteiger partial charge on any atom is -0.475 e. The van der Waals surface area contributed by atoms with Gasteiger partial charge < -0.3 is 14.3 Å². The highest BCUT2D eigenvalue weighted by Gasteiger charge is 2.22. The van der Waals surface area contributed by atoms with E-state index >= 15 is 0 Å². The number of nitrogens with zero attached hydrogens (tertiary/aromatic N) is 3. The predicted octanol–water partition coefficient (Wildman–Crippen LogP) is 1.97. The van der Waals surface area contributed by atoms with Crippen LogP contribution in [-0.2, 0) is 24.3 Å². The average Bonchev–Trinajstić information content (AvgIpc) is 3.02. The molecule has 2 rings (SSSR count). The molecular formula is C13H17N3O4.